The van der Waals surface area contributed by atoms with Crippen LogP contribution in [-0.4, -0.2) is 46.9 Å². The number of thiazole rings is 1. The Bertz CT molecular complexity index is 742. The van der Waals surface area contributed by atoms with Crippen molar-refractivity contribution in [2.75, 3.05) is 26.2 Å². The Morgan fingerprint density at radius 2 is 1.81 bits per heavy atom. The van der Waals surface area contributed by atoms with E-state index >= 15 is 0 Å². The highest BCUT2D eigenvalue weighted by molar-refractivity contribution is 7.09. The minimum absolute atomic E-state index is 0.0222. The molecule has 2 heterocycles. The van der Waals surface area contributed by atoms with Gasteiger partial charge in [-0.05, 0) is 12.0 Å². The third-order valence-corrected chi connectivity index (χ3v) is 6.10. The molecule has 27 heavy (non-hydrogen) atoms. The van der Waals surface area contributed by atoms with Crippen LogP contribution in [0.3, 0.4) is 0 Å². The van der Waals surface area contributed by atoms with E-state index in [1.165, 1.54) is 10.7 Å². The van der Waals surface area contributed by atoms with Crippen molar-refractivity contribution in [3.05, 3.63) is 52.0 Å². The van der Waals surface area contributed by atoms with Gasteiger partial charge in [0.1, 0.15) is 5.01 Å². The number of hydrogen-bond acceptors (Lipinski definition) is 4. The maximum Gasteiger partial charge on any atom is 0.230 e. The van der Waals surface area contributed by atoms with Gasteiger partial charge in [0.15, 0.2) is 0 Å². The Kier molecular flexibility index (Phi) is 6.33. The lowest BCUT2D eigenvalue weighted by Crippen LogP contribution is -2.49. The summed E-state index contributed by atoms with van der Waals surface area (Å²) < 4.78 is 0. The van der Waals surface area contributed by atoms with Gasteiger partial charge in [-0.2, -0.15) is 0 Å². The lowest BCUT2D eigenvalue weighted by atomic mass is 9.93. The van der Waals surface area contributed by atoms with E-state index in [1.807, 2.05) is 23.1 Å². The number of amides is 1. The van der Waals surface area contributed by atoms with Crippen molar-refractivity contribution >= 4 is 17.2 Å². The fraction of sp³-hybridized carbons (Fsp3) is 0.545. The number of rotatable bonds is 5. The highest BCUT2D eigenvalue weighted by atomic mass is 32.1. The minimum Gasteiger partial charge on any atom is -0.340 e. The van der Waals surface area contributed by atoms with E-state index in [0.717, 1.165) is 44.7 Å². The van der Waals surface area contributed by atoms with Crippen molar-refractivity contribution < 1.29 is 4.79 Å². The lowest BCUT2D eigenvalue weighted by molar-refractivity contribution is -0.134. The Morgan fingerprint density at radius 1 is 1.15 bits per heavy atom. The molecule has 1 aliphatic rings. The summed E-state index contributed by atoms with van der Waals surface area (Å²) in [5, 5.41) is 3.36. The maximum atomic E-state index is 13.0. The molecule has 1 amide bonds. The molecule has 0 aliphatic carbocycles. The second-order valence-corrected chi connectivity index (χ2v) is 9.29. The van der Waals surface area contributed by atoms with Crippen molar-refractivity contribution in [1.82, 2.24) is 14.8 Å². The number of carbonyl (C=O) groups is 1. The second kappa shape index (κ2) is 8.53. The normalized spacial score (nSPS) is 17.1. The Hall–Kier alpha value is -1.72. The molecule has 1 saturated heterocycles. The molecule has 2 aromatic rings. The quantitative estimate of drug-likeness (QED) is 0.771. The summed E-state index contributed by atoms with van der Waals surface area (Å²) in [7, 11) is 0. The average molecular weight is 386 g/mol. The van der Waals surface area contributed by atoms with Gasteiger partial charge in [0.2, 0.25) is 5.91 Å². The van der Waals surface area contributed by atoms with Crippen LogP contribution in [0, 0.1) is 0 Å². The number of hydrogen-bond donors (Lipinski definition) is 0. The van der Waals surface area contributed by atoms with Crippen LogP contribution in [0.25, 0.3) is 0 Å². The molecule has 0 radical (unpaired) electrons. The zero-order valence-electron chi connectivity index (χ0n) is 16.9. The Morgan fingerprint density at radius 3 is 2.37 bits per heavy atom. The maximum absolute atomic E-state index is 13.0. The van der Waals surface area contributed by atoms with Crippen molar-refractivity contribution in [2.24, 2.45) is 0 Å². The van der Waals surface area contributed by atoms with E-state index < -0.39 is 0 Å². The molecular formula is C22H31N3OS. The van der Waals surface area contributed by atoms with Gasteiger partial charge < -0.3 is 4.90 Å². The van der Waals surface area contributed by atoms with Gasteiger partial charge in [-0.3, -0.25) is 9.69 Å². The molecule has 4 nitrogen and oxygen atoms in total. The Labute approximate surface area is 167 Å². The van der Waals surface area contributed by atoms with Gasteiger partial charge in [0.25, 0.3) is 0 Å². The van der Waals surface area contributed by atoms with Crippen LogP contribution in [0.15, 0.2) is 35.7 Å². The van der Waals surface area contributed by atoms with Crippen LogP contribution >= 0.6 is 11.3 Å². The molecule has 1 unspecified atom stereocenters. The average Bonchev–Trinajstić information content (AvgIpc) is 3.13. The second-order valence-electron chi connectivity index (χ2n) is 8.35. The van der Waals surface area contributed by atoms with Gasteiger partial charge in [0.05, 0.1) is 18.2 Å². The van der Waals surface area contributed by atoms with E-state index in [0.29, 0.717) is 0 Å². The van der Waals surface area contributed by atoms with Crippen LogP contribution in [-0.2, 0) is 16.8 Å². The summed E-state index contributed by atoms with van der Waals surface area (Å²) in [6.07, 6.45) is 0.845. The molecule has 0 saturated carbocycles. The SMILES string of the molecule is CCC(C(=O)N1CCN(Cc2nc(C(C)(C)C)cs2)CC1)c1ccccc1. The van der Waals surface area contributed by atoms with E-state index in [4.69, 9.17) is 4.98 Å². The zero-order valence-corrected chi connectivity index (χ0v) is 17.8. The standard InChI is InChI=1S/C22H31N3OS/c1-5-18(17-9-7-6-8-10-17)21(26)25-13-11-24(12-14-25)15-20-23-19(16-27-20)22(2,3)4/h6-10,16,18H,5,11-15H2,1-4H3. The summed E-state index contributed by atoms with van der Waals surface area (Å²) in [4.78, 5) is 22.3. The Balaban J connectivity index is 1.55. The molecule has 0 bridgehead atoms. The number of nitrogens with zero attached hydrogens (tertiary/aromatic N) is 3. The molecule has 1 aromatic carbocycles. The van der Waals surface area contributed by atoms with Gasteiger partial charge >= 0.3 is 0 Å². The van der Waals surface area contributed by atoms with E-state index in [-0.39, 0.29) is 17.2 Å². The molecule has 1 aromatic heterocycles. The largest absolute Gasteiger partial charge is 0.340 e. The van der Waals surface area contributed by atoms with E-state index in [1.54, 1.807) is 11.3 Å². The topological polar surface area (TPSA) is 36.4 Å². The summed E-state index contributed by atoms with van der Waals surface area (Å²) in [5.41, 5.74) is 2.40. The predicted molar refractivity (Wildman–Crippen MR) is 112 cm³/mol. The monoisotopic (exact) mass is 385 g/mol. The van der Waals surface area contributed by atoms with Gasteiger partial charge in [0, 0.05) is 37.0 Å². The fourth-order valence-electron chi connectivity index (χ4n) is 3.50. The summed E-state index contributed by atoms with van der Waals surface area (Å²) in [5.74, 6) is 0.249. The van der Waals surface area contributed by atoms with Gasteiger partial charge in [-0.25, -0.2) is 4.98 Å². The van der Waals surface area contributed by atoms with Crippen molar-refractivity contribution in [2.45, 2.75) is 52.0 Å². The van der Waals surface area contributed by atoms with Crippen molar-refractivity contribution in [3.63, 3.8) is 0 Å². The van der Waals surface area contributed by atoms with Crippen molar-refractivity contribution in [1.29, 1.82) is 0 Å². The molecule has 1 aliphatic heterocycles. The first-order valence-corrected chi connectivity index (χ1v) is 10.8. The van der Waals surface area contributed by atoms with Gasteiger partial charge in [-0.1, -0.05) is 58.0 Å². The predicted octanol–water partition coefficient (Wildman–Crippen LogP) is 4.28. The molecule has 1 fully saturated rings. The minimum atomic E-state index is -0.0222. The van der Waals surface area contributed by atoms with E-state index in [9.17, 15) is 4.79 Å². The molecular weight excluding hydrogens is 354 g/mol. The molecule has 0 N–H and O–H groups in total. The number of aromatic nitrogens is 1. The summed E-state index contributed by atoms with van der Waals surface area (Å²) >= 11 is 1.75. The summed E-state index contributed by atoms with van der Waals surface area (Å²) in [6.45, 7) is 13.0. The third-order valence-electron chi connectivity index (χ3n) is 5.27. The first kappa shape index (κ1) is 20.0. The van der Waals surface area contributed by atoms with Crippen molar-refractivity contribution in [3.8, 4) is 0 Å². The van der Waals surface area contributed by atoms with Crippen LogP contribution in [0.1, 0.15) is 56.3 Å². The number of benzene rings is 1. The first-order valence-electron chi connectivity index (χ1n) is 9.89. The van der Waals surface area contributed by atoms with Crippen LogP contribution in [0.5, 0.6) is 0 Å². The zero-order chi connectivity index (χ0) is 19.4. The molecule has 146 valence electrons. The molecule has 0 spiro atoms. The van der Waals surface area contributed by atoms with Crippen LogP contribution in [0.2, 0.25) is 0 Å². The van der Waals surface area contributed by atoms with Gasteiger partial charge in [-0.15, -0.1) is 11.3 Å². The summed E-state index contributed by atoms with van der Waals surface area (Å²) in [6, 6.07) is 10.2. The van der Waals surface area contributed by atoms with Crippen LogP contribution in [0.4, 0.5) is 0 Å². The third kappa shape index (κ3) is 4.96. The highest BCUT2D eigenvalue weighted by Crippen LogP contribution is 2.26. The fourth-order valence-corrected chi connectivity index (χ4v) is 4.57. The highest BCUT2D eigenvalue weighted by Gasteiger charge is 2.28. The smallest absolute Gasteiger partial charge is 0.230 e. The number of carbonyl (C=O) groups excluding carboxylic acids is 1. The number of piperazine rings is 1. The molecule has 3 rings (SSSR count). The lowest BCUT2D eigenvalue weighted by Gasteiger charge is -2.36. The van der Waals surface area contributed by atoms with E-state index in [2.05, 4.69) is 50.1 Å². The first-order chi connectivity index (χ1) is 12.9. The molecule has 1 atom stereocenters. The van der Waals surface area contributed by atoms with Crippen LogP contribution < -0.4 is 0 Å². The molecule has 5 heteroatoms.